The summed E-state index contributed by atoms with van der Waals surface area (Å²) >= 11 is 0. The number of benzene rings is 1. The normalized spacial score (nSPS) is 41.7. The van der Waals surface area contributed by atoms with Crippen molar-refractivity contribution >= 4 is 0 Å². The third-order valence-corrected chi connectivity index (χ3v) is 12.1. The number of hydrogen-bond acceptors (Lipinski definition) is 4. The second-order valence-corrected chi connectivity index (χ2v) is 13.9. The van der Waals surface area contributed by atoms with Crippen LogP contribution < -0.4 is 4.74 Å². The first-order valence-corrected chi connectivity index (χ1v) is 15.2. The molecule has 220 valence electrons. The molecule has 0 aliphatic heterocycles. The van der Waals surface area contributed by atoms with E-state index in [0.29, 0.717) is 47.8 Å². The predicted octanol–water partition coefficient (Wildman–Crippen LogP) is 7.42. The Kier molecular flexibility index (Phi) is 8.11. The van der Waals surface area contributed by atoms with E-state index in [9.17, 15) is 28.5 Å². The Morgan fingerprint density at radius 2 is 1.56 bits per heavy atom. The number of rotatable bonds is 7. The molecule has 4 nitrogen and oxygen atoms in total. The van der Waals surface area contributed by atoms with Gasteiger partial charge in [-0.3, -0.25) is 0 Å². The average molecular weight is 553 g/mol. The molecule has 0 saturated heterocycles. The first-order chi connectivity index (χ1) is 18.3. The minimum atomic E-state index is -4.79. The smallest absolute Gasteiger partial charge is 0.405 e. The van der Waals surface area contributed by atoms with Gasteiger partial charge in [0.25, 0.3) is 0 Å². The largest absolute Gasteiger partial charge is 0.573 e. The van der Waals surface area contributed by atoms with Gasteiger partial charge in [0.15, 0.2) is 0 Å². The van der Waals surface area contributed by atoms with Crippen LogP contribution in [-0.4, -0.2) is 33.9 Å². The van der Waals surface area contributed by atoms with Crippen molar-refractivity contribution in [1.29, 1.82) is 0 Å². The molecule has 11 atom stereocenters. The molecule has 4 aliphatic rings. The Morgan fingerprint density at radius 1 is 0.897 bits per heavy atom. The van der Waals surface area contributed by atoms with Gasteiger partial charge in [-0.2, -0.15) is 0 Å². The van der Waals surface area contributed by atoms with Crippen LogP contribution in [-0.2, 0) is 0 Å². The first kappa shape index (κ1) is 29.2. The van der Waals surface area contributed by atoms with Crippen LogP contribution in [0.25, 0.3) is 0 Å². The van der Waals surface area contributed by atoms with Crippen LogP contribution in [0.1, 0.15) is 103 Å². The number of fused-ring (bicyclic) bond motifs is 5. The van der Waals surface area contributed by atoms with Crippen LogP contribution in [0.3, 0.4) is 0 Å². The fourth-order valence-electron chi connectivity index (χ4n) is 10.3. The Morgan fingerprint density at radius 3 is 2.31 bits per heavy atom. The van der Waals surface area contributed by atoms with Crippen molar-refractivity contribution in [3.63, 3.8) is 0 Å². The highest BCUT2D eigenvalue weighted by molar-refractivity contribution is 5.35. The van der Waals surface area contributed by atoms with Crippen LogP contribution in [0.4, 0.5) is 13.2 Å². The molecule has 5 rings (SSSR count). The highest BCUT2D eigenvalue weighted by Crippen LogP contribution is 2.68. The molecule has 4 fully saturated rings. The molecule has 4 saturated carbocycles. The fourth-order valence-corrected chi connectivity index (χ4v) is 10.3. The molecule has 0 amide bonds. The summed E-state index contributed by atoms with van der Waals surface area (Å²) in [6, 6.07) is 5.88. The average Bonchev–Trinajstić information content (AvgIpc) is 3.23. The number of para-hydroxylation sites is 1. The Hall–Kier alpha value is -1.31. The lowest BCUT2D eigenvalue weighted by atomic mass is 9.44. The molecule has 0 spiro atoms. The maximum Gasteiger partial charge on any atom is 0.573 e. The molecule has 39 heavy (non-hydrogen) atoms. The van der Waals surface area contributed by atoms with Crippen LogP contribution in [0, 0.1) is 46.3 Å². The van der Waals surface area contributed by atoms with Crippen molar-refractivity contribution < 1.29 is 33.2 Å². The first-order valence-electron chi connectivity index (χ1n) is 15.2. The molecule has 0 heterocycles. The summed E-state index contributed by atoms with van der Waals surface area (Å²) in [5, 5.41) is 31.9. The van der Waals surface area contributed by atoms with Gasteiger partial charge in [-0.1, -0.05) is 51.8 Å². The summed E-state index contributed by atoms with van der Waals surface area (Å²) in [6.07, 6.45) is 3.95. The zero-order chi connectivity index (χ0) is 28.2. The van der Waals surface area contributed by atoms with E-state index < -0.39 is 24.7 Å². The van der Waals surface area contributed by atoms with E-state index in [1.807, 2.05) is 0 Å². The van der Waals surface area contributed by atoms with Gasteiger partial charge in [-0.25, -0.2) is 0 Å². The number of hydrogen-bond donors (Lipinski definition) is 3. The van der Waals surface area contributed by atoms with Crippen molar-refractivity contribution in [2.45, 2.75) is 116 Å². The minimum absolute atomic E-state index is 0.120. The maximum atomic E-state index is 12.8. The molecule has 1 aromatic rings. The van der Waals surface area contributed by atoms with E-state index in [-0.39, 0.29) is 22.6 Å². The van der Waals surface area contributed by atoms with Crippen molar-refractivity contribution in [2.75, 3.05) is 0 Å². The number of alkyl halides is 3. The van der Waals surface area contributed by atoms with Gasteiger partial charge in [-0.15, -0.1) is 13.2 Å². The highest BCUT2D eigenvalue weighted by Gasteiger charge is 2.61. The molecule has 7 heteroatoms. The minimum Gasteiger partial charge on any atom is -0.405 e. The van der Waals surface area contributed by atoms with Crippen molar-refractivity contribution in [3.8, 4) is 5.75 Å². The predicted molar refractivity (Wildman–Crippen MR) is 144 cm³/mol. The number of halogens is 3. The van der Waals surface area contributed by atoms with E-state index >= 15 is 0 Å². The van der Waals surface area contributed by atoms with E-state index in [4.69, 9.17) is 0 Å². The lowest BCUT2D eigenvalue weighted by Crippen LogP contribution is -2.58. The maximum absolute atomic E-state index is 12.8. The van der Waals surface area contributed by atoms with Gasteiger partial charge < -0.3 is 20.1 Å². The molecular formula is C32H47F3O4. The fraction of sp³-hybridized carbons (Fsp3) is 0.812. The van der Waals surface area contributed by atoms with E-state index in [2.05, 4.69) is 25.5 Å². The summed E-state index contributed by atoms with van der Waals surface area (Å²) in [4.78, 5) is 0. The second-order valence-electron chi connectivity index (χ2n) is 13.9. The van der Waals surface area contributed by atoms with Crippen molar-refractivity contribution in [2.24, 2.45) is 46.3 Å². The summed E-state index contributed by atoms with van der Waals surface area (Å²) < 4.78 is 42.5. The van der Waals surface area contributed by atoms with Crippen LogP contribution in [0.15, 0.2) is 24.3 Å². The zero-order valence-electron chi connectivity index (χ0n) is 23.7. The monoisotopic (exact) mass is 552 g/mol. The summed E-state index contributed by atoms with van der Waals surface area (Å²) in [6.45, 7) is 7.23. The molecule has 1 unspecified atom stereocenters. The molecule has 4 aliphatic carbocycles. The molecular weight excluding hydrogens is 505 g/mol. The van der Waals surface area contributed by atoms with Gasteiger partial charge in [0, 0.05) is 5.56 Å². The van der Waals surface area contributed by atoms with Gasteiger partial charge in [0.2, 0.25) is 0 Å². The van der Waals surface area contributed by atoms with Gasteiger partial charge >= 0.3 is 6.36 Å². The van der Waals surface area contributed by atoms with E-state index in [1.54, 1.807) is 6.07 Å². The number of ether oxygens (including phenoxy) is 1. The van der Waals surface area contributed by atoms with Crippen LogP contribution in [0.2, 0.25) is 0 Å². The van der Waals surface area contributed by atoms with Gasteiger partial charge in [0.1, 0.15) is 5.75 Å². The third kappa shape index (κ3) is 5.37. The Balaban J connectivity index is 1.20. The second kappa shape index (κ2) is 10.8. The van der Waals surface area contributed by atoms with Crippen LogP contribution in [0.5, 0.6) is 5.75 Å². The third-order valence-electron chi connectivity index (χ3n) is 12.1. The van der Waals surface area contributed by atoms with Gasteiger partial charge in [0.05, 0.1) is 18.3 Å². The van der Waals surface area contributed by atoms with Crippen molar-refractivity contribution in [1.82, 2.24) is 0 Å². The molecule has 0 aromatic heterocycles. The lowest BCUT2D eigenvalue weighted by Gasteiger charge is -2.62. The van der Waals surface area contributed by atoms with Crippen LogP contribution >= 0.6 is 0 Å². The van der Waals surface area contributed by atoms with Crippen molar-refractivity contribution in [3.05, 3.63) is 29.8 Å². The Labute approximate surface area is 231 Å². The molecule has 0 radical (unpaired) electrons. The summed E-state index contributed by atoms with van der Waals surface area (Å²) in [5.74, 6) is 3.01. The summed E-state index contributed by atoms with van der Waals surface area (Å²) in [7, 11) is 0. The SMILES string of the molecule is C[C@H](CCCC(O)c1ccccc1OC(F)(F)F)[C@H]1CC[C@H]2[C@@H]3CC[C@H]4[C@@H](O)[C@@H](O)CC[C@]4(C)[C@H]3CC[C@]12C. The topological polar surface area (TPSA) is 69.9 Å². The standard InChI is InChI=1S/C32H47F3O4/c1-19(7-6-9-26(36)21-8-4-5-10-28(21)39-32(33,34)35)22-13-14-23-20-11-12-25-29(38)27(37)16-18-31(25,3)24(20)15-17-30(22,23)2/h4-5,8,10,19-20,22-27,29,36-38H,6-7,9,11-18H2,1-3H3/t19-,20+,22-,23+,24+,25+,26?,27+,29-,30-,31-/m1/s1. The molecule has 3 N–H and O–H groups in total. The highest BCUT2D eigenvalue weighted by atomic mass is 19.4. The molecule has 0 bridgehead atoms. The van der Waals surface area contributed by atoms with E-state index in [0.717, 1.165) is 32.1 Å². The Bertz CT molecular complexity index is 1000. The van der Waals surface area contributed by atoms with E-state index in [1.165, 1.54) is 43.9 Å². The number of aliphatic hydroxyl groups excluding tert-OH is 3. The molecule has 1 aromatic carbocycles. The zero-order valence-corrected chi connectivity index (χ0v) is 23.7. The number of aliphatic hydroxyl groups is 3. The summed E-state index contributed by atoms with van der Waals surface area (Å²) in [5.41, 5.74) is 0.607. The van der Waals surface area contributed by atoms with Gasteiger partial charge in [-0.05, 0) is 110 Å². The lowest BCUT2D eigenvalue weighted by molar-refractivity contribution is -0.275. The quantitative estimate of drug-likeness (QED) is 0.329.